The molecule has 0 radical (unpaired) electrons. The monoisotopic (exact) mass is 331 g/mol. The molecule has 0 saturated carbocycles. The summed E-state index contributed by atoms with van der Waals surface area (Å²) >= 11 is 0. The van der Waals surface area contributed by atoms with Crippen LogP contribution in [0.2, 0.25) is 0 Å². The molecule has 0 heterocycles. The Morgan fingerprint density at radius 1 is 0.880 bits per heavy atom. The van der Waals surface area contributed by atoms with Gasteiger partial charge in [-0.2, -0.15) is 0 Å². The lowest BCUT2D eigenvalue weighted by atomic mass is 9.93. The number of carbonyl (C=O) groups excluding carboxylic acids is 1. The lowest BCUT2D eigenvalue weighted by molar-refractivity contribution is 0.0697. The first-order valence-corrected chi connectivity index (χ1v) is 7.81. The average Bonchev–Trinajstić information content (AvgIpc) is 2.61. The predicted octanol–water partition coefficient (Wildman–Crippen LogP) is 4.17. The van der Waals surface area contributed by atoms with Crippen LogP contribution in [-0.2, 0) is 0 Å². The number of carboxylic acid groups (broad SMARTS) is 1. The van der Waals surface area contributed by atoms with Crippen molar-refractivity contribution in [1.82, 2.24) is 0 Å². The molecule has 0 atom stereocenters. The van der Waals surface area contributed by atoms with Crippen LogP contribution in [0.5, 0.6) is 0 Å². The molecule has 0 fully saturated rings. The fourth-order valence-electron chi connectivity index (χ4n) is 2.72. The number of rotatable bonds is 4. The van der Waals surface area contributed by atoms with Crippen LogP contribution in [0.4, 0.5) is 5.69 Å². The number of benzene rings is 3. The molecule has 0 amide bonds. The van der Waals surface area contributed by atoms with E-state index in [0.29, 0.717) is 11.1 Å². The minimum atomic E-state index is -1.11. The Bertz CT molecular complexity index is 959. The SMILES string of the molecule is Cc1ccc(-c2ccccc2C(=O)c2ccc(C(=O)O)c(N)c2)cc1. The molecule has 0 aliphatic heterocycles. The van der Waals surface area contributed by atoms with Gasteiger partial charge in [0.1, 0.15) is 0 Å². The number of anilines is 1. The minimum Gasteiger partial charge on any atom is -0.478 e. The van der Waals surface area contributed by atoms with Gasteiger partial charge in [0.05, 0.1) is 5.56 Å². The van der Waals surface area contributed by atoms with Crippen molar-refractivity contribution in [2.75, 3.05) is 5.73 Å². The summed E-state index contributed by atoms with van der Waals surface area (Å²) < 4.78 is 0. The summed E-state index contributed by atoms with van der Waals surface area (Å²) in [6.07, 6.45) is 0. The Kier molecular flexibility index (Phi) is 4.35. The van der Waals surface area contributed by atoms with Crippen LogP contribution in [0.15, 0.2) is 66.7 Å². The summed E-state index contributed by atoms with van der Waals surface area (Å²) in [5.74, 6) is -1.31. The maximum atomic E-state index is 12.9. The van der Waals surface area contributed by atoms with Gasteiger partial charge in [-0.15, -0.1) is 0 Å². The van der Waals surface area contributed by atoms with Crippen molar-refractivity contribution in [3.8, 4) is 11.1 Å². The first-order chi connectivity index (χ1) is 12.0. The van der Waals surface area contributed by atoms with Gasteiger partial charge in [-0.25, -0.2) is 4.79 Å². The van der Waals surface area contributed by atoms with Crippen molar-refractivity contribution in [3.63, 3.8) is 0 Å². The molecule has 4 heteroatoms. The molecule has 0 aromatic heterocycles. The van der Waals surface area contributed by atoms with E-state index < -0.39 is 5.97 Å². The number of aryl methyl sites for hydroxylation is 1. The van der Waals surface area contributed by atoms with Gasteiger partial charge in [-0.3, -0.25) is 4.79 Å². The summed E-state index contributed by atoms with van der Waals surface area (Å²) in [6.45, 7) is 2.01. The molecule has 0 aliphatic carbocycles. The topological polar surface area (TPSA) is 80.4 Å². The van der Waals surface area contributed by atoms with Crippen LogP contribution in [-0.4, -0.2) is 16.9 Å². The van der Waals surface area contributed by atoms with Gasteiger partial charge in [0.15, 0.2) is 5.78 Å². The summed E-state index contributed by atoms with van der Waals surface area (Å²) in [4.78, 5) is 24.0. The molecule has 4 nitrogen and oxygen atoms in total. The van der Waals surface area contributed by atoms with E-state index in [2.05, 4.69) is 0 Å². The Morgan fingerprint density at radius 2 is 1.56 bits per heavy atom. The first kappa shape index (κ1) is 16.5. The highest BCUT2D eigenvalue weighted by molar-refractivity contribution is 6.13. The number of hydrogen-bond donors (Lipinski definition) is 2. The Balaban J connectivity index is 2.05. The van der Waals surface area contributed by atoms with Gasteiger partial charge in [0.2, 0.25) is 0 Å². The van der Waals surface area contributed by atoms with Crippen molar-refractivity contribution in [2.24, 2.45) is 0 Å². The van der Waals surface area contributed by atoms with E-state index in [4.69, 9.17) is 10.8 Å². The number of carboxylic acids is 1. The lowest BCUT2D eigenvalue weighted by Crippen LogP contribution is -2.07. The summed E-state index contributed by atoms with van der Waals surface area (Å²) in [7, 11) is 0. The number of ketones is 1. The quantitative estimate of drug-likeness (QED) is 0.555. The third-order valence-electron chi connectivity index (χ3n) is 4.08. The molecule has 3 aromatic rings. The molecule has 0 bridgehead atoms. The van der Waals surface area contributed by atoms with E-state index in [1.54, 1.807) is 12.1 Å². The maximum Gasteiger partial charge on any atom is 0.337 e. The van der Waals surface area contributed by atoms with Crippen molar-refractivity contribution in [2.45, 2.75) is 6.92 Å². The largest absolute Gasteiger partial charge is 0.478 e. The molecule has 25 heavy (non-hydrogen) atoms. The second-order valence-electron chi connectivity index (χ2n) is 5.85. The van der Waals surface area contributed by atoms with Gasteiger partial charge in [-0.1, -0.05) is 60.2 Å². The van der Waals surface area contributed by atoms with Crippen molar-refractivity contribution in [3.05, 3.63) is 89.0 Å². The molecule has 3 rings (SSSR count). The molecule has 3 N–H and O–H groups in total. The zero-order valence-electron chi connectivity index (χ0n) is 13.7. The van der Waals surface area contributed by atoms with E-state index in [-0.39, 0.29) is 17.0 Å². The highest BCUT2D eigenvalue weighted by Gasteiger charge is 2.17. The van der Waals surface area contributed by atoms with Crippen LogP contribution in [0, 0.1) is 6.92 Å². The zero-order chi connectivity index (χ0) is 18.0. The Labute approximate surface area is 145 Å². The number of hydrogen-bond acceptors (Lipinski definition) is 3. The van der Waals surface area contributed by atoms with Crippen molar-refractivity contribution < 1.29 is 14.7 Å². The standard InChI is InChI=1S/C21H17NO3/c1-13-6-8-14(9-7-13)16-4-2-3-5-17(16)20(23)15-10-11-18(21(24)25)19(22)12-15/h2-12H,22H2,1H3,(H,24,25). The highest BCUT2D eigenvalue weighted by Crippen LogP contribution is 2.27. The molecular weight excluding hydrogens is 314 g/mol. The van der Waals surface area contributed by atoms with Gasteiger partial charge < -0.3 is 10.8 Å². The Morgan fingerprint density at radius 3 is 2.20 bits per heavy atom. The molecule has 0 unspecified atom stereocenters. The summed E-state index contributed by atoms with van der Waals surface area (Å²) in [6, 6.07) is 19.6. The molecule has 0 spiro atoms. The average molecular weight is 331 g/mol. The normalized spacial score (nSPS) is 10.4. The van der Waals surface area contributed by atoms with E-state index in [1.807, 2.05) is 43.3 Å². The Hall–Kier alpha value is -3.40. The second kappa shape index (κ2) is 6.61. The number of carbonyl (C=O) groups is 2. The van der Waals surface area contributed by atoms with Gasteiger partial charge >= 0.3 is 5.97 Å². The van der Waals surface area contributed by atoms with E-state index in [0.717, 1.165) is 16.7 Å². The summed E-state index contributed by atoms with van der Waals surface area (Å²) in [5.41, 5.74) is 9.67. The van der Waals surface area contributed by atoms with E-state index in [1.165, 1.54) is 18.2 Å². The first-order valence-electron chi connectivity index (χ1n) is 7.81. The number of nitrogen functional groups attached to an aromatic ring is 1. The molecule has 3 aromatic carbocycles. The third-order valence-corrected chi connectivity index (χ3v) is 4.08. The van der Waals surface area contributed by atoms with E-state index >= 15 is 0 Å². The van der Waals surface area contributed by atoms with Crippen molar-refractivity contribution >= 4 is 17.4 Å². The van der Waals surface area contributed by atoms with Crippen LogP contribution >= 0.6 is 0 Å². The van der Waals surface area contributed by atoms with Crippen LogP contribution in [0.3, 0.4) is 0 Å². The smallest absolute Gasteiger partial charge is 0.337 e. The fraction of sp³-hybridized carbons (Fsp3) is 0.0476. The van der Waals surface area contributed by atoms with Crippen LogP contribution in [0.1, 0.15) is 31.8 Å². The lowest BCUT2D eigenvalue weighted by Gasteiger charge is -2.10. The van der Waals surface area contributed by atoms with Gasteiger partial charge in [0, 0.05) is 16.8 Å². The van der Waals surface area contributed by atoms with Gasteiger partial charge in [0.25, 0.3) is 0 Å². The fourth-order valence-corrected chi connectivity index (χ4v) is 2.72. The minimum absolute atomic E-state index is 0.0108. The number of aromatic carboxylic acids is 1. The second-order valence-corrected chi connectivity index (χ2v) is 5.85. The molecule has 124 valence electrons. The molecular formula is C21H17NO3. The third kappa shape index (κ3) is 3.28. The maximum absolute atomic E-state index is 12.9. The molecule has 0 saturated heterocycles. The van der Waals surface area contributed by atoms with Crippen LogP contribution < -0.4 is 5.73 Å². The number of nitrogens with two attached hydrogens (primary N) is 1. The highest BCUT2D eigenvalue weighted by atomic mass is 16.4. The van der Waals surface area contributed by atoms with E-state index in [9.17, 15) is 9.59 Å². The van der Waals surface area contributed by atoms with Crippen molar-refractivity contribution in [1.29, 1.82) is 0 Å². The predicted molar refractivity (Wildman–Crippen MR) is 97.9 cm³/mol. The molecule has 0 aliphatic rings. The van der Waals surface area contributed by atoms with Crippen LogP contribution in [0.25, 0.3) is 11.1 Å². The summed E-state index contributed by atoms with van der Waals surface area (Å²) in [5, 5.41) is 9.06. The van der Waals surface area contributed by atoms with Gasteiger partial charge in [-0.05, 0) is 30.2 Å². The zero-order valence-corrected chi connectivity index (χ0v) is 13.7.